The Morgan fingerprint density at radius 3 is 1.31 bits per heavy atom. The first-order valence-electron chi connectivity index (χ1n) is 16.7. The Balaban J connectivity index is 1.45. The molecular weight excluding hydrogens is 577 g/mol. The number of hydrogen-bond acceptors (Lipinski definition) is 0. The summed E-state index contributed by atoms with van der Waals surface area (Å²) in [5, 5.41) is 15.3. The van der Waals surface area contributed by atoms with Crippen molar-refractivity contribution in [3.05, 3.63) is 182 Å². The van der Waals surface area contributed by atoms with Crippen LogP contribution in [-0.4, -0.2) is 0 Å². The molecule has 0 heterocycles. The second-order valence-electron chi connectivity index (χ2n) is 12.8. The van der Waals surface area contributed by atoms with Crippen molar-refractivity contribution in [2.45, 2.75) is 0 Å². The van der Waals surface area contributed by atoms with Crippen LogP contribution in [0.2, 0.25) is 0 Å². The van der Waals surface area contributed by atoms with Gasteiger partial charge in [0.15, 0.2) is 0 Å². The minimum absolute atomic E-state index is 1.22. The van der Waals surface area contributed by atoms with Gasteiger partial charge in [0.1, 0.15) is 0 Å². The van der Waals surface area contributed by atoms with E-state index in [1.54, 1.807) is 0 Å². The molecule has 0 saturated carbocycles. The number of benzene rings is 10. The predicted molar refractivity (Wildman–Crippen MR) is 208 cm³/mol. The second-order valence-corrected chi connectivity index (χ2v) is 12.8. The molecule has 0 bridgehead atoms. The van der Waals surface area contributed by atoms with Crippen LogP contribution in [0.5, 0.6) is 0 Å². The summed E-state index contributed by atoms with van der Waals surface area (Å²) in [7, 11) is 0. The van der Waals surface area contributed by atoms with Gasteiger partial charge in [-0.15, -0.1) is 0 Å². The van der Waals surface area contributed by atoms with Crippen LogP contribution in [0.3, 0.4) is 0 Å². The first-order chi connectivity index (χ1) is 23.8. The highest BCUT2D eigenvalue weighted by molar-refractivity contribution is 6.33. The van der Waals surface area contributed by atoms with E-state index in [1.165, 1.54) is 98.0 Å². The summed E-state index contributed by atoms with van der Waals surface area (Å²) in [5.74, 6) is 0. The first-order valence-corrected chi connectivity index (χ1v) is 16.7. The van der Waals surface area contributed by atoms with Crippen molar-refractivity contribution in [2.75, 3.05) is 0 Å². The van der Waals surface area contributed by atoms with Crippen molar-refractivity contribution >= 4 is 64.6 Å². The summed E-state index contributed by atoms with van der Waals surface area (Å²) in [6.45, 7) is 0. The third-order valence-corrected chi connectivity index (χ3v) is 10.2. The number of hydrogen-bond donors (Lipinski definition) is 0. The van der Waals surface area contributed by atoms with Crippen molar-refractivity contribution < 1.29 is 0 Å². The highest BCUT2D eigenvalue weighted by atomic mass is 14.3. The lowest BCUT2D eigenvalue weighted by Gasteiger charge is -2.23. The maximum atomic E-state index is 2.36. The molecule has 0 radical (unpaired) electrons. The van der Waals surface area contributed by atoms with E-state index < -0.39 is 0 Å². The minimum Gasteiger partial charge on any atom is -0.0622 e. The molecule has 0 aromatic heterocycles. The van der Waals surface area contributed by atoms with E-state index in [9.17, 15) is 0 Å². The summed E-state index contributed by atoms with van der Waals surface area (Å²) >= 11 is 0. The van der Waals surface area contributed by atoms with Crippen LogP contribution in [0.15, 0.2) is 182 Å². The Labute approximate surface area is 279 Å². The Morgan fingerprint density at radius 2 is 0.688 bits per heavy atom. The molecule has 0 spiro atoms. The van der Waals surface area contributed by atoms with Crippen LogP contribution in [0.25, 0.3) is 98.0 Å². The second kappa shape index (κ2) is 10.7. The molecule has 0 aliphatic rings. The third-order valence-electron chi connectivity index (χ3n) is 10.2. The minimum atomic E-state index is 1.22. The Morgan fingerprint density at radius 1 is 0.229 bits per heavy atom. The number of fused-ring (bicyclic) bond motifs is 9. The monoisotopic (exact) mass is 606 g/mol. The van der Waals surface area contributed by atoms with Gasteiger partial charge in [-0.05, 0) is 104 Å². The first kappa shape index (κ1) is 26.9. The Hall–Kier alpha value is -6.24. The molecule has 0 aliphatic heterocycles. The van der Waals surface area contributed by atoms with Crippen molar-refractivity contribution in [3.63, 3.8) is 0 Å². The lowest BCUT2D eigenvalue weighted by molar-refractivity contribution is 1.64. The Kier molecular flexibility index (Phi) is 5.98. The van der Waals surface area contributed by atoms with Crippen molar-refractivity contribution in [1.29, 1.82) is 0 Å². The van der Waals surface area contributed by atoms with E-state index in [4.69, 9.17) is 0 Å². The van der Waals surface area contributed by atoms with Crippen LogP contribution in [0.1, 0.15) is 0 Å². The smallest absolute Gasteiger partial charge is 0.000785 e. The molecule has 0 amide bonds. The fourth-order valence-corrected chi connectivity index (χ4v) is 8.17. The van der Waals surface area contributed by atoms with Gasteiger partial charge in [-0.3, -0.25) is 0 Å². The summed E-state index contributed by atoms with van der Waals surface area (Å²) in [5.41, 5.74) is 7.57. The molecule has 0 saturated heterocycles. The summed E-state index contributed by atoms with van der Waals surface area (Å²) < 4.78 is 0. The molecule has 10 aromatic carbocycles. The van der Waals surface area contributed by atoms with Crippen molar-refractivity contribution in [1.82, 2.24) is 0 Å². The van der Waals surface area contributed by atoms with Gasteiger partial charge in [0.2, 0.25) is 0 Å². The molecule has 0 heteroatoms. The molecule has 48 heavy (non-hydrogen) atoms. The van der Waals surface area contributed by atoms with Crippen LogP contribution in [0.4, 0.5) is 0 Å². The largest absolute Gasteiger partial charge is 0.0622 e. The molecule has 0 unspecified atom stereocenters. The molecule has 0 atom stereocenters. The molecule has 10 rings (SSSR count). The average molecular weight is 607 g/mol. The van der Waals surface area contributed by atoms with E-state index in [1.807, 2.05) is 0 Å². The van der Waals surface area contributed by atoms with Gasteiger partial charge < -0.3 is 0 Å². The fraction of sp³-hybridized carbons (Fsp3) is 0. The summed E-state index contributed by atoms with van der Waals surface area (Å²) in [6, 6.07) is 67.1. The molecular formula is C48H30. The standard InChI is InChI=1S/C48H30/c1-2-15-32(16-3-1)35-28-29-44-38-20-7-6-18-36(38)37-19-8-9-21-39(37)46(44)48(35)47-42-24-12-10-22-40(42)45(41-23-11-13-25-43(41)47)34-27-26-31-14-4-5-17-33(31)30-34/h1-30H. The molecule has 0 nitrogen and oxygen atoms in total. The lowest BCUT2D eigenvalue weighted by atomic mass is 9.80. The van der Waals surface area contributed by atoms with E-state index in [0.29, 0.717) is 0 Å². The van der Waals surface area contributed by atoms with Gasteiger partial charge in [0, 0.05) is 0 Å². The molecule has 222 valence electrons. The van der Waals surface area contributed by atoms with E-state index in [0.717, 1.165) is 0 Å². The van der Waals surface area contributed by atoms with Crippen molar-refractivity contribution in [2.24, 2.45) is 0 Å². The fourth-order valence-electron chi connectivity index (χ4n) is 8.17. The Bertz CT molecular complexity index is 2780. The normalized spacial score (nSPS) is 11.8. The molecule has 0 N–H and O–H groups in total. The molecule has 0 fully saturated rings. The zero-order valence-corrected chi connectivity index (χ0v) is 26.3. The average Bonchev–Trinajstić information content (AvgIpc) is 3.17. The zero-order valence-electron chi connectivity index (χ0n) is 26.3. The highest BCUT2D eigenvalue weighted by Gasteiger charge is 2.23. The van der Waals surface area contributed by atoms with Gasteiger partial charge in [0.05, 0.1) is 0 Å². The van der Waals surface area contributed by atoms with Crippen molar-refractivity contribution in [3.8, 4) is 33.4 Å². The van der Waals surface area contributed by atoms with Gasteiger partial charge in [-0.2, -0.15) is 0 Å². The van der Waals surface area contributed by atoms with E-state index in [2.05, 4.69) is 182 Å². The van der Waals surface area contributed by atoms with E-state index >= 15 is 0 Å². The summed E-state index contributed by atoms with van der Waals surface area (Å²) in [6.07, 6.45) is 0. The predicted octanol–water partition coefficient (Wildman–Crippen LogP) is 13.6. The van der Waals surface area contributed by atoms with Crippen LogP contribution in [-0.2, 0) is 0 Å². The lowest BCUT2D eigenvalue weighted by Crippen LogP contribution is -1.95. The van der Waals surface area contributed by atoms with Crippen LogP contribution >= 0.6 is 0 Å². The maximum Gasteiger partial charge on any atom is -0.000785 e. The van der Waals surface area contributed by atoms with Gasteiger partial charge >= 0.3 is 0 Å². The SMILES string of the molecule is c1ccc(-c2ccc3c4ccccc4c4ccccc4c3c2-c2c3ccccc3c(-c3ccc4ccccc4c3)c3ccccc23)cc1. The number of rotatable bonds is 3. The zero-order chi connectivity index (χ0) is 31.6. The maximum absolute atomic E-state index is 2.36. The van der Waals surface area contributed by atoms with Gasteiger partial charge in [-0.25, -0.2) is 0 Å². The summed E-state index contributed by atoms with van der Waals surface area (Å²) in [4.78, 5) is 0. The molecule has 0 aliphatic carbocycles. The topological polar surface area (TPSA) is 0 Å². The molecule has 10 aromatic rings. The van der Waals surface area contributed by atoms with Gasteiger partial charge in [-0.1, -0.05) is 176 Å². The van der Waals surface area contributed by atoms with E-state index in [-0.39, 0.29) is 0 Å². The van der Waals surface area contributed by atoms with Gasteiger partial charge in [0.25, 0.3) is 0 Å². The highest BCUT2D eigenvalue weighted by Crippen LogP contribution is 2.51. The third kappa shape index (κ3) is 3.96. The quantitative estimate of drug-likeness (QED) is 0.139. The van der Waals surface area contributed by atoms with Crippen LogP contribution < -0.4 is 0 Å². The van der Waals surface area contributed by atoms with Crippen LogP contribution in [0, 0.1) is 0 Å².